The van der Waals surface area contributed by atoms with E-state index in [-0.39, 0.29) is 11.7 Å². The summed E-state index contributed by atoms with van der Waals surface area (Å²) in [5, 5.41) is 7.45. The molecule has 25 heavy (non-hydrogen) atoms. The molecule has 1 N–H and O–H groups in total. The summed E-state index contributed by atoms with van der Waals surface area (Å²) >= 11 is 1.36. The molecular weight excluding hydrogens is 335 g/mol. The number of hydrogen-bond donors (Lipinski definition) is 1. The molecule has 5 heteroatoms. The van der Waals surface area contributed by atoms with Gasteiger partial charge in [0.2, 0.25) is 0 Å². The molecule has 1 amide bonds. The van der Waals surface area contributed by atoms with Gasteiger partial charge in [-0.1, -0.05) is 42.5 Å². The minimum Gasteiger partial charge on any atom is -0.298 e. The fourth-order valence-electron chi connectivity index (χ4n) is 2.67. The monoisotopic (exact) mass is 348 g/mol. The van der Waals surface area contributed by atoms with Crippen LogP contribution in [0.1, 0.15) is 10.4 Å². The topological polar surface area (TPSA) is 42.0 Å². The van der Waals surface area contributed by atoms with E-state index in [2.05, 4.69) is 28.5 Å². The van der Waals surface area contributed by atoms with Crippen LogP contribution in [-0.4, -0.2) is 10.9 Å². The van der Waals surface area contributed by atoms with Crippen molar-refractivity contribution in [2.24, 2.45) is 0 Å². The molecule has 4 rings (SSSR count). The number of hydrogen-bond acceptors (Lipinski definition) is 3. The second kappa shape index (κ2) is 6.45. The second-order valence-electron chi connectivity index (χ2n) is 5.53. The summed E-state index contributed by atoms with van der Waals surface area (Å²) in [7, 11) is 0. The number of carbonyl (C=O) groups is 1. The molecule has 0 aliphatic heterocycles. The molecule has 3 nitrogen and oxygen atoms in total. The van der Waals surface area contributed by atoms with Crippen molar-refractivity contribution in [3.63, 3.8) is 0 Å². The van der Waals surface area contributed by atoms with Gasteiger partial charge in [0.05, 0.1) is 5.69 Å². The van der Waals surface area contributed by atoms with Crippen molar-refractivity contribution >= 4 is 33.1 Å². The maximum Gasteiger partial charge on any atom is 0.257 e. The van der Waals surface area contributed by atoms with Gasteiger partial charge in [-0.15, -0.1) is 11.3 Å². The van der Waals surface area contributed by atoms with Crippen molar-refractivity contribution in [1.82, 2.24) is 4.98 Å². The number of fused-ring (bicyclic) bond motifs is 1. The Balaban J connectivity index is 1.62. The molecule has 0 fully saturated rings. The third-order valence-electron chi connectivity index (χ3n) is 3.90. The van der Waals surface area contributed by atoms with E-state index >= 15 is 0 Å². The van der Waals surface area contributed by atoms with Gasteiger partial charge in [-0.05, 0) is 35.0 Å². The summed E-state index contributed by atoms with van der Waals surface area (Å²) in [6, 6.07) is 19.6. The van der Waals surface area contributed by atoms with E-state index in [0.717, 1.165) is 22.0 Å². The molecule has 0 aliphatic rings. The molecule has 1 aromatic heterocycles. The van der Waals surface area contributed by atoms with E-state index in [1.165, 1.54) is 35.6 Å². The van der Waals surface area contributed by atoms with Crippen LogP contribution in [0, 0.1) is 5.82 Å². The molecular formula is C20H13FN2OS. The summed E-state index contributed by atoms with van der Waals surface area (Å²) in [6.07, 6.45) is 0. The number of thiazole rings is 1. The van der Waals surface area contributed by atoms with Crippen molar-refractivity contribution in [3.05, 3.63) is 83.5 Å². The zero-order chi connectivity index (χ0) is 17.2. The van der Waals surface area contributed by atoms with E-state index in [1.807, 2.05) is 29.6 Å². The predicted molar refractivity (Wildman–Crippen MR) is 99.4 cm³/mol. The Kier molecular flexibility index (Phi) is 3.99. The van der Waals surface area contributed by atoms with Gasteiger partial charge in [0, 0.05) is 16.5 Å². The smallest absolute Gasteiger partial charge is 0.257 e. The molecule has 0 spiro atoms. The number of nitrogens with zero attached hydrogens (tertiary/aromatic N) is 1. The molecule has 0 saturated carbocycles. The first-order valence-electron chi connectivity index (χ1n) is 7.71. The van der Waals surface area contributed by atoms with E-state index in [1.54, 1.807) is 0 Å². The molecule has 122 valence electrons. The lowest BCUT2D eigenvalue weighted by atomic mass is 10.0. The quantitative estimate of drug-likeness (QED) is 0.542. The molecule has 4 aromatic rings. The molecule has 0 unspecified atom stereocenters. The Hall–Kier alpha value is -3.05. The van der Waals surface area contributed by atoms with Crippen LogP contribution < -0.4 is 5.32 Å². The van der Waals surface area contributed by atoms with Crippen molar-refractivity contribution in [1.29, 1.82) is 0 Å². The van der Waals surface area contributed by atoms with Gasteiger partial charge in [-0.2, -0.15) is 0 Å². The lowest BCUT2D eigenvalue weighted by molar-refractivity contribution is 0.102. The number of carbonyl (C=O) groups excluding carboxylic acids is 1. The van der Waals surface area contributed by atoms with E-state index in [0.29, 0.717) is 10.7 Å². The number of halogens is 1. The Labute approximate surface area is 147 Å². The molecule has 0 saturated heterocycles. The van der Waals surface area contributed by atoms with Crippen molar-refractivity contribution in [2.75, 3.05) is 5.32 Å². The van der Waals surface area contributed by atoms with Gasteiger partial charge in [0.25, 0.3) is 5.91 Å². The van der Waals surface area contributed by atoms with Crippen LogP contribution in [0.4, 0.5) is 9.52 Å². The summed E-state index contributed by atoms with van der Waals surface area (Å²) in [5.74, 6) is -0.678. The number of aromatic nitrogens is 1. The first kappa shape index (κ1) is 15.5. The van der Waals surface area contributed by atoms with Gasteiger partial charge in [0.1, 0.15) is 5.82 Å². The third-order valence-corrected chi connectivity index (χ3v) is 4.65. The molecule has 3 aromatic carbocycles. The number of anilines is 1. The van der Waals surface area contributed by atoms with Crippen LogP contribution in [0.2, 0.25) is 0 Å². The highest BCUT2D eigenvalue weighted by Gasteiger charge is 2.11. The number of nitrogens with one attached hydrogen (secondary N) is 1. The van der Waals surface area contributed by atoms with E-state index < -0.39 is 0 Å². The fourth-order valence-corrected chi connectivity index (χ4v) is 3.38. The normalized spacial score (nSPS) is 10.8. The number of benzene rings is 3. The lowest BCUT2D eigenvalue weighted by Gasteiger charge is -2.04. The van der Waals surface area contributed by atoms with Gasteiger partial charge < -0.3 is 0 Å². The van der Waals surface area contributed by atoms with Crippen molar-refractivity contribution in [2.45, 2.75) is 0 Å². The van der Waals surface area contributed by atoms with Crippen molar-refractivity contribution < 1.29 is 9.18 Å². The average Bonchev–Trinajstić information content (AvgIpc) is 3.10. The number of rotatable bonds is 3. The highest BCUT2D eigenvalue weighted by molar-refractivity contribution is 7.14. The van der Waals surface area contributed by atoms with Gasteiger partial charge in [0.15, 0.2) is 5.13 Å². The van der Waals surface area contributed by atoms with Crippen LogP contribution in [0.5, 0.6) is 0 Å². The molecule has 0 radical (unpaired) electrons. The molecule has 0 aliphatic carbocycles. The second-order valence-corrected chi connectivity index (χ2v) is 6.38. The first-order chi connectivity index (χ1) is 12.2. The number of amides is 1. The van der Waals surface area contributed by atoms with Gasteiger partial charge in [-0.25, -0.2) is 9.37 Å². The maximum absolute atomic E-state index is 13.0. The highest BCUT2D eigenvalue weighted by Crippen LogP contribution is 2.31. The largest absolute Gasteiger partial charge is 0.298 e. The summed E-state index contributed by atoms with van der Waals surface area (Å²) in [5.41, 5.74) is 2.23. The molecule has 0 atom stereocenters. The highest BCUT2D eigenvalue weighted by atomic mass is 32.1. The van der Waals surface area contributed by atoms with E-state index in [4.69, 9.17) is 0 Å². The fraction of sp³-hybridized carbons (Fsp3) is 0. The lowest BCUT2D eigenvalue weighted by Crippen LogP contribution is -2.11. The van der Waals surface area contributed by atoms with Crippen LogP contribution in [-0.2, 0) is 0 Å². The zero-order valence-corrected chi connectivity index (χ0v) is 13.9. The zero-order valence-electron chi connectivity index (χ0n) is 13.1. The van der Waals surface area contributed by atoms with Crippen LogP contribution in [0.15, 0.2) is 72.1 Å². The van der Waals surface area contributed by atoms with Gasteiger partial charge in [-0.3, -0.25) is 10.1 Å². The average molecular weight is 348 g/mol. The maximum atomic E-state index is 13.0. The summed E-state index contributed by atoms with van der Waals surface area (Å²) in [6.45, 7) is 0. The Morgan fingerprint density at radius 3 is 2.56 bits per heavy atom. The Morgan fingerprint density at radius 1 is 0.960 bits per heavy atom. The predicted octanol–water partition coefficient (Wildman–Crippen LogP) is 5.35. The Morgan fingerprint density at radius 2 is 1.72 bits per heavy atom. The van der Waals surface area contributed by atoms with Crippen LogP contribution >= 0.6 is 11.3 Å². The van der Waals surface area contributed by atoms with Crippen molar-refractivity contribution in [3.8, 4) is 11.3 Å². The van der Waals surface area contributed by atoms with Gasteiger partial charge >= 0.3 is 0 Å². The standard InChI is InChI=1S/C20H13FN2OS/c21-15-10-8-14(9-11-15)19(24)23-20-22-18(12-25-20)17-7-3-5-13-4-1-2-6-16(13)17/h1-12H,(H,22,23,24). The summed E-state index contributed by atoms with van der Waals surface area (Å²) in [4.78, 5) is 16.7. The minimum atomic E-state index is -0.371. The Bertz CT molecular complexity index is 1050. The van der Waals surface area contributed by atoms with Crippen LogP contribution in [0.3, 0.4) is 0 Å². The molecule has 0 bridgehead atoms. The molecule has 1 heterocycles. The minimum absolute atomic E-state index is 0.307. The van der Waals surface area contributed by atoms with Crippen LogP contribution in [0.25, 0.3) is 22.0 Å². The third kappa shape index (κ3) is 3.14. The SMILES string of the molecule is O=C(Nc1nc(-c2cccc3ccccc23)cs1)c1ccc(F)cc1. The summed E-state index contributed by atoms with van der Waals surface area (Å²) < 4.78 is 13.0. The van der Waals surface area contributed by atoms with E-state index in [9.17, 15) is 9.18 Å². The first-order valence-corrected chi connectivity index (χ1v) is 8.59.